The third-order valence-corrected chi connectivity index (χ3v) is 2.96. The quantitative estimate of drug-likeness (QED) is 0.902. The van der Waals surface area contributed by atoms with Gasteiger partial charge in [0.15, 0.2) is 0 Å². The van der Waals surface area contributed by atoms with Crippen molar-refractivity contribution in [1.82, 2.24) is 19.3 Å². The minimum Gasteiger partial charge on any atom is -0.351 e. The van der Waals surface area contributed by atoms with Gasteiger partial charge in [-0.3, -0.25) is 4.68 Å². The van der Waals surface area contributed by atoms with Crippen LogP contribution in [0.1, 0.15) is 36.8 Å². The van der Waals surface area contributed by atoms with Crippen molar-refractivity contribution in [1.29, 1.82) is 0 Å². The van der Waals surface area contributed by atoms with Crippen molar-refractivity contribution in [3.05, 3.63) is 29.3 Å². The Hall–Kier alpha value is -1.78. The van der Waals surface area contributed by atoms with Gasteiger partial charge < -0.3 is 9.88 Å². The molecule has 0 fully saturated rings. The molecule has 2 aromatic heterocycles. The number of aromatic nitrogens is 4. The first-order chi connectivity index (χ1) is 8.47. The standard InChI is InChI=1S/C13H21N5/c1-9(2)18-7-10(3)15-13(18)14-6-12-8-17(5)16-11(12)4/h7-9H,6H2,1-5H3,(H,14,15). The number of aryl methyl sites for hydroxylation is 3. The second kappa shape index (κ2) is 4.84. The van der Waals surface area contributed by atoms with Gasteiger partial charge in [0.2, 0.25) is 5.95 Å². The minimum absolute atomic E-state index is 0.406. The van der Waals surface area contributed by atoms with E-state index < -0.39 is 0 Å². The fraction of sp³-hybridized carbons (Fsp3) is 0.538. The molecule has 0 amide bonds. The van der Waals surface area contributed by atoms with Crippen LogP contribution in [0.15, 0.2) is 12.4 Å². The second-order valence-electron chi connectivity index (χ2n) is 4.97. The van der Waals surface area contributed by atoms with Crippen molar-refractivity contribution < 1.29 is 0 Å². The Morgan fingerprint density at radius 1 is 1.28 bits per heavy atom. The van der Waals surface area contributed by atoms with Gasteiger partial charge in [-0.25, -0.2) is 4.98 Å². The van der Waals surface area contributed by atoms with Gasteiger partial charge in [-0.05, 0) is 27.7 Å². The summed E-state index contributed by atoms with van der Waals surface area (Å²) >= 11 is 0. The second-order valence-corrected chi connectivity index (χ2v) is 4.97. The number of rotatable bonds is 4. The zero-order valence-electron chi connectivity index (χ0n) is 11.7. The van der Waals surface area contributed by atoms with Gasteiger partial charge in [-0.2, -0.15) is 5.10 Å². The lowest BCUT2D eigenvalue weighted by atomic mass is 10.3. The highest BCUT2D eigenvalue weighted by molar-refractivity contribution is 5.32. The van der Waals surface area contributed by atoms with E-state index in [4.69, 9.17) is 0 Å². The molecular formula is C13H21N5. The topological polar surface area (TPSA) is 47.7 Å². The number of anilines is 1. The molecule has 0 aromatic carbocycles. The number of hydrogen-bond acceptors (Lipinski definition) is 3. The van der Waals surface area contributed by atoms with E-state index in [9.17, 15) is 0 Å². The SMILES string of the molecule is Cc1cn(C(C)C)c(NCc2cn(C)nc2C)n1. The summed E-state index contributed by atoms with van der Waals surface area (Å²) in [7, 11) is 1.94. The minimum atomic E-state index is 0.406. The average molecular weight is 247 g/mol. The van der Waals surface area contributed by atoms with E-state index in [2.05, 4.69) is 40.0 Å². The van der Waals surface area contributed by atoms with Crippen molar-refractivity contribution in [3.63, 3.8) is 0 Å². The van der Waals surface area contributed by atoms with Gasteiger partial charge in [0, 0.05) is 37.6 Å². The van der Waals surface area contributed by atoms with Gasteiger partial charge >= 0.3 is 0 Å². The van der Waals surface area contributed by atoms with E-state index in [0.29, 0.717) is 6.04 Å². The Morgan fingerprint density at radius 3 is 2.56 bits per heavy atom. The van der Waals surface area contributed by atoms with Gasteiger partial charge in [-0.1, -0.05) is 0 Å². The van der Waals surface area contributed by atoms with Crippen LogP contribution in [0.5, 0.6) is 0 Å². The van der Waals surface area contributed by atoms with E-state index in [1.54, 1.807) is 0 Å². The summed E-state index contributed by atoms with van der Waals surface area (Å²) in [5.74, 6) is 0.922. The van der Waals surface area contributed by atoms with Gasteiger partial charge in [-0.15, -0.1) is 0 Å². The maximum absolute atomic E-state index is 4.51. The monoisotopic (exact) mass is 247 g/mol. The molecule has 2 rings (SSSR count). The van der Waals surface area contributed by atoms with Crippen LogP contribution in [0.3, 0.4) is 0 Å². The highest BCUT2D eigenvalue weighted by Gasteiger charge is 2.09. The van der Waals surface area contributed by atoms with Crippen LogP contribution < -0.4 is 5.32 Å². The number of nitrogens with one attached hydrogen (secondary N) is 1. The molecule has 2 aromatic rings. The molecule has 98 valence electrons. The van der Waals surface area contributed by atoms with E-state index >= 15 is 0 Å². The van der Waals surface area contributed by atoms with Crippen LogP contribution in [-0.2, 0) is 13.6 Å². The molecule has 0 aliphatic heterocycles. The van der Waals surface area contributed by atoms with E-state index in [-0.39, 0.29) is 0 Å². The number of imidazole rings is 1. The molecule has 5 nitrogen and oxygen atoms in total. The molecule has 2 heterocycles. The Balaban J connectivity index is 2.13. The van der Waals surface area contributed by atoms with Crippen LogP contribution in [0.4, 0.5) is 5.95 Å². The van der Waals surface area contributed by atoms with Crippen molar-refractivity contribution in [2.24, 2.45) is 7.05 Å². The fourth-order valence-electron chi connectivity index (χ4n) is 2.04. The van der Waals surface area contributed by atoms with Crippen LogP contribution in [0.25, 0.3) is 0 Å². The van der Waals surface area contributed by atoms with Crippen LogP contribution in [0, 0.1) is 13.8 Å². The van der Waals surface area contributed by atoms with Gasteiger partial charge in [0.25, 0.3) is 0 Å². The van der Waals surface area contributed by atoms with Crippen molar-refractivity contribution in [3.8, 4) is 0 Å². The third kappa shape index (κ3) is 2.55. The van der Waals surface area contributed by atoms with Crippen LogP contribution in [0.2, 0.25) is 0 Å². The maximum Gasteiger partial charge on any atom is 0.203 e. The molecule has 0 aliphatic rings. The first kappa shape index (κ1) is 12.7. The molecule has 0 atom stereocenters. The maximum atomic E-state index is 4.51. The molecule has 0 unspecified atom stereocenters. The van der Waals surface area contributed by atoms with Crippen LogP contribution >= 0.6 is 0 Å². The summed E-state index contributed by atoms with van der Waals surface area (Å²) in [4.78, 5) is 4.51. The Bertz CT molecular complexity index is 536. The molecule has 0 saturated carbocycles. The molecule has 1 N–H and O–H groups in total. The van der Waals surface area contributed by atoms with Crippen molar-refractivity contribution in [2.45, 2.75) is 40.3 Å². The summed E-state index contributed by atoms with van der Waals surface area (Å²) < 4.78 is 3.99. The molecule has 0 aliphatic carbocycles. The first-order valence-corrected chi connectivity index (χ1v) is 6.26. The Labute approximate surface area is 108 Å². The molecule has 0 radical (unpaired) electrons. The van der Waals surface area contributed by atoms with E-state index in [0.717, 1.165) is 23.9 Å². The number of hydrogen-bond donors (Lipinski definition) is 1. The predicted octanol–water partition coefficient (Wildman–Crippen LogP) is 2.43. The molecule has 0 bridgehead atoms. The Morgan fingerprint density at radius 2 is 2.00 bits per heavy atom. The third-order valence-electron chi connectivity index (χ3n) is 2.96. The zero-order chi connectivity index (χ0) is 13.3. The van der Waals surface area contributed by atoms with Gasteiger partial charge in [0.1, 0.15) is 0 Å². The first-order valence-electron chi connectivity index (χ1n) is 6.26. The average Bonchev–Trinajstić information content (AvgIpc) is 2.79. The molecule has 0 spiro atoms. The van der Waals surface area contributed by atoms with Crippen molar-refractivity contribution >= 4 is 5.95 Å². The lowest BCUT2D eigenvalue weighted by Gasteiger charge is -2.12. The molecule has 0 saturated heterocycles. The highest BCUT2D eigenvalue weighted by atomic mass is 15.3. The summed E-state index contributed by atoms with van der Waals surface area (Å²) in [5.41, 5.74) is 3.30. The normalized spacial score (nSPS) is 11.2. The fourth-order valence-corrected chi connectivity index (χ4v) is 2.04. The largest absolute Gasteiger partial charge is 0.351 e. The number of nitrogens with zero attached hydrogens (tertiary/aromatic N) is 4. The lowest BCUT2D eigenvalue weighted by molar-refractivity contribution is 0.604. The smallest absolute Gasteiger partial charge is 0.203 e. The summed E-state index contributed by atoms with van der Waals surface area (Å²) in [6.45, 7) is 9.10. The predicted molar refractivity (Wildman–Crippen MR) is 72.6 cm³/mol. The summed E-state index contributed by atoms with van der Waals surface area (Å²) in [5, 5.41) is 7.72. The molecule has 18 heavy (non-hydrogen) atoms. The molecule has 5 heteroatoms. The van der Waals surface area contributed by atoms with Gasteiger partial charge in [0.05, 0.1) is 11.4 Å². The van der Waals surface area contributed by atoms with E-state index in [1.165, 1.54) is 5.56 Å². The summed E-state index contributed by atoms with van der Waals surface area (Å²) in [6.07, 6.45) is 4.11. The van der Waals surface area contributed by atoms with Crippen LogP contribution in [-0.4, -0.2) is 19.3 Å². The molecular weight excluding hydrogens is 226 g/mol. The van der Waals surface area contributed by atoms with Crippen molar-refractivity contribution in [2.75, 3.05) is 5.32 Å². The lowest BCUT2D eigenvalue weighted by Crippen LogP contribution is -2.09. The zero-order valence-corrected chi connectivity index (χ0v) is 11.7. The summed E-state index contributed by atoms with van der Waals surface area (Å²) in [6, 6.07) is 0.406. The van der Waals surface area contributed by atoms with E-state index in [1.807, 2.05) is 31.8 Å². The Kier molecular flexibility index (Phi) is 3.41. The highest BCUT2D eigenvalue weighted by Crippen LogP contribution is 2.16.